The van der Waals surface area contributed by atoms with Crippen molar-refractivity contribution >= 4 is 28.3 Å². The lowest BCUT2D eigenvalue weighted by Gasteiger charge is -2.52. The Balaban J connectivity index is 1.29. The normalized spacial score (nSPS) is 21.1. The molecule has 2 bridgehead atoms. The van der Waals surface area contributed by atoms with Gasteiger partial charge in [-0.1, -0.05) is 67.6 Å². The van der Waals surface area contributed by atoms with E-state index in [1.165, 1.54) is 33.6 Å². The summed E-state index contributed by atoms with van der Waals surface area (Å²) in [4.78, 5) is 30.9. The van der Waals surface area contributed by atoms with E-state index in [9.17, 15) is 9.59 Å². The van der Waals surface area contributed by atoms with Crippen molar-refractivity contribution < 1.29 is 9.59 Å². The zero-order chi connectivity index (χ0) is 25.6. The fraction of sp³-hybridized carbons (Fsp3) is 0.258. The van der Waals surface area contributed by atoms with Gasteiger partial charge < -0.3 is 10.6 Å². The zero-order valence-electron chi connectivity index (χ0n) is 21.0. The number of thiazole rings is 1. The first kappa shape index (κ1) is 23.6. The molecule has 1 aromatic heterocycles. The molecule has 186 valence electrons. The molecule has 6 heteroatoms. The third-order valence-corrected chi connectivity index (χ3v) is 8.83. The minimum Gasteiger partial charge on any atom is -0.352 e. The third kappa shape index (κ3) is 3.78. The molecule has 3 aromatic carbocycles. The van der Waals surface area contributed by atoms with Crippen LogP contribution in [0.25, 0.3) is 11.3 Å². The first-order chi connectivity index (χ1) is 18.1. The molecule has 2 amide bonds. The molecule has 0 fully saturated rings. The number of carbonyl (C=O) groups excluding carboxylic acids is 2. The van der Waals surface area contributed by atoms with Gasteiger partial charge in [0.05, 0.1) is 11.1 Å². The molecule has 1 unspecified atom stereocenters. The number of rotatable bonds is 6. The van der Waals surface area contributed by atoms with E-state index in [1.807, 2.05) is 24.4 Å². The van der Waals surface area contributed by atoms with Crippen LogP contribution in [-0.4, -0.2) is 23.3 Å². The molecule has 37 heavy (non-hydrogen) atoms. The minimum atomic E-state index is -0.534. The number of hydrogen-bond acceptors (Lipinski definition) is 4. The maximum absolute atomic E-state index is 14.1. The molecule has 2 N–H and O–H groups in total. The Labute approximate surface area is 221 Å². The Hall–Kier alpha value is -3.77. The summed E-state index contributed by atoms with van der Waals surface area (Å²) in [5.74, 6) is 0.200. The summed E-state index contributed by atoms with van der Waals surface area (Å²) in [6.07, 6.45) is 1.55. The van der Waals surface area contributed by atoms with Gasteiger partial charge in [-0.05, 0) is 54.2 Å². The number of anilines is 1. The van der Waals surface area contributed by atoms with E-state index in [0.29, 0.717) is 17.2 Å². The maximum Gasteiger partial charge on any atom is 0.251 e. The molecule has 0 saturated carbocycles. The smallest absolute Gasteiger partial charge is 0.251 e. The Morgan fingerprint density at radius 1 is 0.919 bits per heavy atom. The van der Waals surface area contributed by atoms with Crippen molar-refractivity contribution in [1.29, 1.82) is 0 Å². The summed E-state index contributed by atoms with van der Waals surface area (Å²) in [7, 11) is 0. The molecule has 1 atom stereocenters. The average Bonchev–Trinajstić information content (AvgIpc) is 3.41. The van der Waals surface area contributed by atoms with Crippen LogP contribution in [0.15, 0.2) is 78.2 Å². The van der Waals surface area contributed by atoms with Crippen LogP contribution >= 0.6 is 11.3 Å². The van der Waals surface area contributed by atoms with Crippen molar-refractivity contribution in [2.75, 3.05) is 11.9 Å². The molecule has 5 nitrogen and oxygen atoms in total. The third-order valence-electron chi connectivity index (χ3n) is 8.07. The van der Waals surface area contributed by atoms with Gasteiger partial charge in [0, 0.05) is 34.9 Å². The number of hydrogen-bond donors (Lipinski definition) is 2. The Morgan fingerprint density at radius 2 is 1.54 bits per heavy atom. The molecular formula is C31H29N3O2S. The number of benzene rings is 3. The predicted octanol–water partition coefficient (Wildman–Crippen LogP) is 6.58. The van der Waals surface area contributed by atoms with E-state index in [1.54, 1.807) is 12.1 Å². The molecule has 7 rings (SSSR count). The summed E-state index contributed by atoms with van der Waals surface area (Å²) in [5, 5.41) is 8.55. The summed E-state index contributed by atoms with van der Waals surface area (Å²) in [6.45, 7) is 4.62. The highest BCUT2D eigenvalue weighted by molar-refractivity contribution is 7.14. The Morgan fingerprint density at radius 3 is 2.14 bits per heavy atom. The van der Waals surface area contributed by atoms with Crippen LogP contribution < -0.4 is 10.6 Å². The van der Waals surface area contributed by atoms with Gasteiger partial charge >= 0.3 is 0 Å². The molecular weight excluding hydrogens is 478 g/mol. The van der Waals surface area contributed by atoms with Crippen LogP contribution in [0.2, 0.25) is 0 Å². The lowest BCUT2D eigenvalue weighted by atomic mass is 9.51. The summed E-state index contributed by atoms with van der Waals surface area (Å²) >= 11 is 1.43. The van der Waals surface area contributed by atoms with Gasteiger partial charge in [-0.15, -0.1) is 11.3 Å². The van der Waals surface area contributed by atoms with Crippen molar-refractivity contribution in [3.8, 4) is 11.3 Å². The molecule has 3 aliphatic rings. The number of carbonyl (C=O) groups is 2. The van der Waals surface area contributed by atoms with E-state index >= 15 is 0 Å². The van der Waals surface area contributed by atoms with Gasteiger partial charge in [-0.3, -0.25) is 9.59 Å². The van der Waals surface area contributed by atoms with Gasteiger partial charge in [0.25, 0.3) is 5.91 Å². The Kier molecular flexibility index (Phi) is 5.92. The monoisotopic (exact) mass is 507 g/mol. The van der Waals surface area contributed by atoms with Gasteiger partial charge in [0.15, 0.2) is 5.13 Å². The minimum absolute atomic E-state index is 0.0242. The Bertz CT molecular complexity index is 1440. The average molecular weight is 508 g/mol. The second-order valence-electron chi connectivity index (χ2n) is 9.89. The molecule has 1 heterocycles. The van der Waals surface area contributed by atoms with Crippen molar-refractivity contribution in [1.82, 2.24) is 10.3 Å². The van der Waals surface area contributed by atoms with E-state index in [-0.39, 0.29) is 23.7 Å². The maximum atomic E-state index is 14.1. The van der Waals surface area contributed by atoms with Gasteiger partial charge in [-0.25, -0.2) is 4.98 Å². The highest BCUT2D eigenvalue weighted by Gasteiger charge is 2.55. The van der Waals surface area contributed by atoms with E-state index in [0.717, 1.165) is 24.1 Å². The number of nitrogens with zero attached hydrogens (tertiary/aromatic N) is 1. The quantitative estimate of drug-likeness (QED) is 0.310. The molecule has 4 aromatic rings. The van der Waals surface area contributed by atoms with Crippen LogP contribution in [-0.2, 0) is 4.79 Å². The van der Waals surface area contributed by atoms with Crippen LogP contribution in [0.4, 0.5) is 5.13 Å². The van der Waals surface area contributed by atoms with Crippen LogP contribution in [0.3, 0.4) is 0 Å². The summed E-state index contributed by atoms with van der Waals surface area (Å²) in [6, 6.07) is 24.6. The first-order valence-corrected chi connectivity index (χ1v) is 13.8. The lowest BCUT2D eigenvalue weighted by Crippen LogP contribution is -2.48. The lowest BCUT2D eigenvalue weighted by molar-refractivity contribution is -0.128. The number of aromatic nitrogens is 1. The topological polar surface area (TPSA) is 71.1 Å². The second-order valence-corrected chi connectivity index (χ2v) is 10.7. The zero-order valence-corrected chi connectivity index (χ0v) is 21.8. The van der Waals surface area contributed by atoms with Crippen LogP contribution in [0.5, 0.6) is 0 Å². The largest absolute Gasteiger partial charge is 0.352 e. The van der Waals surface area contributed by atoms with Crippen molar-refractivity contribution in [3.05, 3.63) is 106 Å². The molecule has 0 aliphatic heterocycles. The highest BCUT2D eigenvalue weighted by atomic mass is 32.1. The predicted molar refractivity (Wildman–Crippen MR) is 148 cm³/mol. The van der Waals surface area contributed by atoms with Crippen molar-refractivity contribution in [2.24, 2.45) is 5.41 Å². The van der Waals surface area contributed by atoms with Crippen LogP contribution in [0.1, 0.15) is 71.1 Å². The van der Waals surface area contributed by atoms with Crippen molar-refractivity contribution in [2.45, 2.75) is 38.5 Å². The SMILES string of the molecule is CCNC(=O)c1ccc(-c2csc(NC(=O)C3(CC)CC4c5ccccc5C3c3ccccc34)n2)cc1. The number of fused-ring (bicyclic) bond motifs is 1. The van der Waals surface area contributed by atoms with E-state index < -0.39 is 5.41 Å². The van der Waals surface area contributed by atoms with E-state index in [2.05, 4.69) is 66.1 Å². The van der Waals surface area contributed by atoms with Crippen molar-refractivity contribution in [3.63, 3.8) is 0 Å². The van der Waals surface area contributed by atoms with Gasteiger partial charge in [0.2, 0.25) is 5.91 Å². The van der Waals surface area contributed by atoms with Gasteiger partial charge in [-0.2, -0.15) is 0 Å². The second kappa shape index (κ2) is 9.27. The molecule has 3 aliphatic carbocycles. The molecule has 0 saturated heterocycles. The number of nitrogens with one attached hydrogen (secondary N) is 2. The highest BCUT2D eigenvalue weighted by Crippen LogP contribution is 2.62. The fourth-order valence-corrected chi connectivity index (χ4v) is 7.00. The first-order valence-electron chi connectivity index (χ1n) is 12.9. The van der Waals surface area contributed by atoms with Gasteiger partial charge in [0.1, 0.15) is 0 Å². The summed E-state index contributed by atoms with van der Waals surface area (Å²) < 4.78 is 0. The summed E-state index contributed by atoms with van der Waals surface area (Å²) in [5.41, 5.74) is 7.05. The molecule has 0 spiro atoms. The standard InChI is InChI=1S/C31H29N3O2S/c1-3-31(17-25-21-9-5-7-11-23(21)27(31)24-12-8-6-10-22(24)25)29(36)34-30-33-26(18-37-30)19-13-15-20(16-14-19)28(35)32-4-2/h5-16,18,25,27H,3-4,17H2,1-2H3,(H,32,35)(H,33,34,36). The van der Waals surface area contributed by atoms with Crippen LogP contribution in [0, 0.1) is 5.41 Å². The number of amides is 2. The molecule has 0 radical (unpaired) electrons. The fourth-order valence-electron chi connectivity index (χ4n) is 6.29. The van der Waals surface area contributed by atoms with E-state index in [4.69, 9.17) is 4.98 Å².